The maximum atomic E-state index is 13.2. The second-order valence-electron chi connectivity index (χ2n) is 7.14. The molecule has 31 heavy (non-hydrogen) atoms. The first-order valence-electron chi connectivity index (χ1n) is 10.2. The Bertz CT molecular complexity index is 1250. The molecule has 0 bridgehead atoms. The average Bonchev–Trinajstić information content (AvgIpc) is 3.33. The molecule has 4 rings (SSSR count). The van der Waals surface area contributed by atoms with Crippen molar-refractivity contribution in [3.05, 3.63) is 82.2 Å². The number of ether oxygens (including phenoxy) is 1. The number of fused-ring (bicyclic) bond motifs is 1. The van der Waals surface area contributed by atoms with Gasteiger partial charge >= 0.3 is 0 Å². The number of furan rings is 1. The molecule has 1 N–H and O–H groups in total. The highest BCUT2D eigenvalue weighted by atomic mass is 16.5. The van der Waals surface area contributed by atoms with Gasteiger partial charge in [0, 0.05) is 5.69 Å². The van der Waals surface area contributed by atoms with Crippen LogP contribution in [0.4, 0.5) is 5.69 Å². The van der Waals surface area contributed by atoms with Crippen molar-refractivity contribution >= 4 is 22.6 Å². The zero-order valence-electron chi connectivity index (χ0n) is 17.4. The van der Waals surface area contributed by atoms with E-state index in [-0.39, 0.29) is 29.5 Å². The van der Waals surface area contributed by atoms with Crippen LogP contribution in [0.3, 0.4) is 0 Å². The van der Waals surface area contributed by atoms with E-state index in [1.807, 2.05) is 37.3 Å². The van der Waals surface area contributed by atoms with Crippen LogP contribution >= 0.6 is 0 Å². The van der Waals surface area contributed by atoms with Gasteiger partial charge in [0.15, 0.2) is 12.4 Å². The van der Waals surface area contributed by atoms with E-state index in [1.54, 1.807) is 24.3 Å². The van der Waals surface area contributed by atoms with Gasteiger partial charge in [-0.25, -0.2) is 0 Å². The summed E-state index contributed by atoms with van der Waals surface area (Å²) < 4.78 is 17.0. The van der Waals surface area contributed by atoms with Gasteiger partial charge in [-0.05, 0) is 60.4 Å². The summed E-state index contributed by atoms with van der Waals surface area (Å²) in [5, 5.41) is 3.18. The average molecular weight is 417 g/mol. The first kappa shape index (κ1) is 20.5. The number of benzene rings is 2. The molecule has 0 aliphatic carbocycles. The predicted octanol–water partition coefficient (Wildman–Crippen LogP) is 5.20. The zero-order valence-corrected chi connectivity index (χ0v) is 17.4. The molecule has 0 saturated heterocycles. The standard InChI is InChI=1S/C25H23NO5/c1-3-16-7-10-18(11-8-16)26-22(27)15-30-25-23(28)19-14-17(4-2)9-12-20(19)31-24(25)21-6-5-13-29-21/h5-14H,3-4,15H2,1-2H3,(H,26,27). The van der Waals surface area contributed by atoms with Crippen molar-refractivity contribution in [1.82, 2.24) is 0 Å². The largest absolute Gasteiger partial charge is 0.476 e. The van der Waals surface area contributed by atoms with Crippen molar-refractivity contribution in [3.8, 4) is 17.3 Å². The molecule has 2 aromatic heterocycles. The summed E-state index contributed by atoms with van der Waals surface area (Å²) in [5.74, 6) is 0.0830. The smallest absolute Gasteiger partial charge is 0.262 e. The van der Waals surface area contributed by atoms with Crippen molar-refractivity contribution in [3.63, 3.8) is 0 Å². The van der Waals surface area contributed by atoms with Crippen LogP contribution in [0.5, 0.6) is 5.75 Å². The fourth-order valence-electron chi connectivity index (χ4n) is 3.30. The molecule has 2 heterocycles. The van der Waals surface area contributed by atoms with Gasteiger partial charge in [-0.3, -0.25) is 9.59 Å². The van der Waals surface area contributed by atoms with Gasteiger partial charge < -0.3 is 18.9 Å². The van der Waals surface area contributed by atoms with Gasteiger partial charge in [0.2, 0.25) is 16.9 Å². The summed E-state index contributed by atoms with van der Waals surface area (Å²) in [6.45, 7) is 3.73. The quantitative estimate of drug-likeness (QED) is 0.447. The van der Waals surface area contributed by atoms with E-state index in [0.29, 0.717) is 22.4 Å². The number of nitrogens with one attached hydrogen (secondary N) is 1. The molecule has 0 unspecified atom stereocenters. The Morgan fingerprint density at radius 3 is 2.42 bits per heavy atom. The number of hydrogen-bond donors (Lipinski definition) is 1. The van der Waals surface area contributed by atoms with E-state index in [0.717, 1.165) is 18.4 Å². The van der Waals surface area contributed by atoms with Gasteiger partial charge in [-0.1, -0.05) is 32.0 Å². The normalized spacial score (nSPS) is 10.9. The first-order chi connectivity index (χ1) is 15.1. The van der Waals surface area contributed by atoms with E-state index in [2.05, 4.69) is 12.2 Å². The molecular weight excluding hydrogens is 394 g/mol. The minimum absolute atomic E-state index is 0.0489. The van der Waals surface area contributed by atoms with Crippen LogP contribution in [0.1, 0.15) is 25.0 Å². The summed E-state index contributed by atoms with van der Waals surface area (Å²) in [4.78, 5) is 25.6. The Morgan fingerprint density at radius 1 is 1.00 bits per heavy atom. The number of rotatable bonds is 7. The molecule has 0 radical (unpaired) electrons. The maximum absolute atomic E-state index is 13.2. The Balaban J connectivity index is 1.63. The molecule has 0 fully saturated rings. The van der Waals surface area contributed by atoms with Crippen LogP contribution in [-0.4, -0.2) is 12.5 Å². The lowest BCUT2D eigenvalue weighted by atomic mass is 10.1. The number of hydrogen-bond acceptors (Lipinski definition) is 5. The van der Waals surface area contributed by atoms with Gasteiger partial charge in [0.25, 0.3) is 5.91 Å². The third kappa shape index (κ3) is 4.38. The lowest BCUT2D eigenvalue weighted by molar-refractivity contribution is -0.118. The topological polar surface area (TPSA) is 81.7 Å². The van der Waals surface area contributed by atoms with Crippen LogP contribution in [-0.2, 0) is 17.6 Å². The second-order valence-corrected chi connectivity index (χ2v) is 7.14. The van der Waals surface area contributed by atoms with Crippen molar-refractivity contribution in [1.29, 1.82) is 0 Å². The maximum Gasteiger partial charge on any atom is 0.262 e. The minimum Gasteiger partial charge on any atom is -0.476 e. The fraction of sp³-hybridized carbons (Fsp3) is 0.200. The summed E-state index contributed by atoms with van der Waals surface area (Å²) >= 11 is 0. The molecule has 6 heteroatoms. The van der Waals surface area contributed by atoms with Gasteiger partial charge in [-0.2, -0.15) is 0 Å². The van der Waals surface area contributed by atoms with E-state index in [1.165, 1.54) is 11.8 Å². The SMILES string of the molecule is CCc1ccc(NC(=O)COc2c(-c3ccco3)oc3ccc(CC)cc3c2=O)cc1. The first-order valence-corrected chi connectivity index (χ1v) is 10.2. The Labute approximate surface area is 179 Å². The predicted molar refractivity (Wildman–Crippen MR) is 120 cm³/mol. The van der Waals surface area contributed by atoms with Crippen LogP contribution in [0, 0.1) is 0 Å². The highest BCUT2D eigenvalue weighted by molar-refractivity contribution is 5.92. The molecule has 2 aromatic carbocycles. The highest BCUT2D eigenvalue weighted by Gasteiger charge is 2.21. The minimum atomic E-state index is -0.378. The van der Waals surface area contributed by atoms with Crippen LogP contribution in [0.25, 0.3) is 22.5 Å². The van der Waals surface area contributed by atoms with Crippen molar-refractivity contribution < 1.29 is 18.4 Å². The molecule has 0 saturated carbocycles. The molecule has 6 nitrogen and oxygen atoms in total. The molecule has 158 valence electrons. The Kier molecular flexibility index (Phi) is 5.89. The summed E-state index contributed by atoms with van der Waals surface area (Å²) in [6, 6.07) is 16.4. The number of carbonyl (C=O) groups is 1. The monoisotopic (exact) mass is 417 g/mol. The second kappa shape index (κ2) is 8.92. The molecule has 1 amide bonds. The molecule has 0 atom stereocenters. The summed E-state index contributed by atoms with van der Waals surface area (Å²) in [5.41, 5.74) is 2.93. The fourth-order valence-corrected chi connectivity index (χ4v) is 3.30. The van der Waals surface area contributed by atoms with Crippen molar-refractivity contribution in [2.75, 3.05) is 11.9 Å². The molecule has 0 aliphatic heterocycles. The van der Waals surface area contributed by atoms with Crippen molar-refractivity contribution in [2.24, 2.45) is 0 Å². The van der Waals surface area contributed by atoms with E-state index in [4.69, 9.17) is 13.6 Å². The van der Waals surface area contributed by atoms with Crippen LogP contribution < -0.4 is 15.5 Å². The van der Waals surface area contributed by atoms with Gasteiger partial charge in [0.1, 0.15) is 5.58 Å². The van der Waals surface area contributed by atoms with Crippen LogP contribution in [0.2, 0.25) is 0 Å². The number of aryl methyl sites for hydroxylation is 2. The molecule has 0 aliphatic rings. The Hall–Kier alpha value is -3.80. The number of amides is 1. The zero-order chi connectivity index (χ0) is 21.8. The summed E-state index contributed by atoms with van der Waals surface area (Å²) in [7, 11) is 0. The lowest BCUT2D eigenvalue weighted by Crippen LogP contribution is -2.22. The van der Waals surface area contributed by atoms with E-state index >= 15 is 0 Å². The van der Waals surface area contributed by atoms with Crippen LogP contribution in [0.15, 0.2) is 74.5 Å². The third-order valence-corrected chi connectivity index (χ3v) is 5.06. The Morgan fingerprint density at radius 2 is 1.74 bits per heavy atom. The number of carbonyl (C=O) groups excluding carboxylic acids is 1. The summed E-state index contributed by atoms with van der Waals surface area (Å²) in [6.07, 6.45) is 3.19. The molecule has 0 spiro atoms. The third-order valence-electron chi connectivity index (χ3n) is 5.06. The van der Waals surface area contributed by atoms with Gasteiger partial charge in [-0.15, -0.1) is 0 Å². The number of anilines is 1. The van der Waals surface area contributed by atoms with E-state index < -0.39 is 0 Å². The highest BCUT2D eigenvalue weighted by Crippen LogP contribution is 2.31. The van der Waals surface area contributed by atoms with E-state index in [9.17, 15) is 9.59 Å². The molecular formula is C25H23NO5. The lowest BCUT2D eigenvalue weighted by Gasteiger charge is -2.11. The molecule has 4 aromatic rings. The van der Waals surface area contributed by atoms with Gasteiger partial charge in [0.05, 0.1) is 11.6 Å². The van der Waals surface area contributed by atoms with Crippen molar-refractivity contribution in [2.45, 2.75) is 26.7 Å².